The van der Waals surface area contributed by atoms with Gasteiger partial charge in [-0.1, -0.05) is 30.3 Å². The molecular formula is C19H18N2OS. The lowest BCUT2D eigenvalue weighted by molar-refractivity contribution is 0.0717. The fourth-order valence-electron chi connectivity index (χ4n) is 3.26. The Bertz CT molecular complexity index is 820. The van der Waals surface area contributed by atoms with Crippen molar-refractivity contribution >= 4 is 28.0 Å². The predicted molar refractivity (Wildman–Crippen MR) is 93.9 cm³/mol. The number of hydrogen-bond donors (Lipinski definition) is 0. The van der Waals surface area contributed by atoms with Crippen molar-refractivity contribution in [2.75, 3.05) is 13.1 Å². The number of hydrogen-bond acceptors (Lipinski definition) is 3. The second-order valence-corrected chi connectivity index (χ2v) is 6.95. The largest absolute Gasteiger partial charge is 0.338 e. The van der Waals surface area contributed by atoms with Gasteiger partial charge in [0.25, 0.3) is 5.91 Å². The van der Waals surface area contributed by atoms with Crippen LogP contribution >= 0.6 is 11.3 Å². The zero-order chi connectivity index (χ0) is 15.6. The van der Waals surface area contributed by atoms with Gasteiger partial charge in [-0.3, -0.25) is 9.78 Å². The average molecular weight is 322 g/mol. The first-order valence-electron chi connectivity index (χ1n) is 7.99. The molecule has 0 bridgehead atoms. The molecule has 0 unspecified atom stereocenters. The van der Waals surface area contributed by atoms with Gasteiger partial charge < -0.3 is 4.90 Å². The van der Waals surface area contributed by atoms with Crippen LogP contribution in [0.25, 0.3) is 10.8 Å². The van der Waals surface area contributed by atoms with E-state index >= 15 is 0 Å². The molecular weight excluding hydrogens is 304 g/mol. The summed E-state index contributed by atoms with van der Waals surface area (Å²) in [5.74, 6) is 0.622. The van der Waals surface area contributed by atoms with Crippen molar-refractivity contribution in [1.82, 2.24) is 9.88 Å². The predicted octanol–water partition coefficient (Wildman–Crippen LogP) is 4.32. The lowest BCUT2D eigenvalue weighted by Gasteiger charge is -2.31. The van der Waals surface area contributed by atoms with E-state index in [1.807, 2.05) is 34.7 Å². The van der Waals surface area contributed by atoms with Crippen LogP contribution in [-0.2, 0) is 0 Å². The molecule has 0 aliphatic carbocycles. The summed E-state index contributed by atoms with van der Waals surface area (Å²) in [5, 5.41) is 4.38. The van der Waals surface area contributed by atoms with Gasteiger partial charge in [0.1, 0.15) is 0 Å². The number of thiophene rings is 1. The number of nitrogens with zero attached hydrogens (tertiary/aromatic N) is 2. The summed E-state index contributed by atoms with van der Waals surface area (Å²) in [5.41, 5.74) is 1.16. The quantitative estimate of drug-likeness (QED) is 0.704. The van der Waals surface area contributed by atoms with E-state index < -0.39 is 0 Å². The number of benzene rings is 1. The third-order valence-electron chi connectivity index (χ3n) is 4.58. The van der Waals surface area contributed by atoms with Gasteiger partial charge in [-0.25, -0.2) is 0 Å². The maximum atomic E-state index is 12.4. The number of piperidine rings is 1. The minimum absolute atomic E-state index is 0.171. The van der Waals surface area contributed by atoms with Crippen molar-refractivity contribution in [2.45, 2.75) is 18.8 Å². The van der Waals surface area contributed by atoms with Crippen molar-refractivity contribution < 1.29 is 4.79 Å². The maximum Gasteiger partial charge on any atom is 0.263 e. The van der Waals surface area contributed by atoms with Crippen LogP contribution in [0.4, 0.5) is 0 Å². The molecule has 1 aliphatic rings. The van der Waals surface area contributed by atoms with Crippen LogP contribution in [0.5, 0.6) is 0 Å². The van der Waals surface area contributed by atoms with Gasteiger partial charge >= 0.3 is 0 Å². The molecule has 4 heteroatoms. The summed E-state index contributed by atoms with van der Waals surface area (Å²) in [4.78, 5) is 19.9. The highest BCUT2D eigenvalue weighted by Gasteiger charge is 2.25. The molecule has 3 nitrogen and oxygen atoms in total. The van der Waals surface area contributed by atoms with Crippen molar-refractivity contribution in [1.29, 1.82) is 0 Å². The van der Waals surface area contributed by atoms with Gasteiger partial charge in [0, 0.05) is 36.3 Å². The summed E-state index contributed by atoms with van der Waals surface area (Å²) < 4.78 is 0. The molecule has 3 aromatic rings. The summed E-state index contributed by atoms with van der Waals surface area (Å²) in [6.07, 6.45) is 3.94. The molecule has 1 fully saturated rings. The zero-order valence-corrected chi connectivity index (χ0v) is 13.6. The number of rotatable bonds is 2. The van der Waals surface area contributed by atoms with Crippen LogP contribution in [0.1, 0.15) is 34.1 Å². The van der Waals surface area contributed by atoms with Gasteiger partial charge in [-0.05, 0) is 35.7 Å². The van der Waals surface area contributed by atoms with Crippen LogP contribution in [0.15, 0.2) is 54.0 Å². The Balaban J connectivity index is 1.47. The smallest absolute Gasteiger partial charge is 0.263 e. The van der Waals surface area contributed by atoms with E-state index in [0.717, 1.165) is 36.5 Å². The highest BCUT2D eigenvalue weighted by Crippen LogP contribution is 2.29. The second kappa shape index (κ2) is 6.13. The molecule has 0 spiro atoms. The number of aromatic nitrogens is 1. The number of pyridine rings is 1. The summed E-state index contributed by atoms with van der Waals surface area (Å²) in [6, 6.07) is 14.4. The highest BCUT2D eigenvalue weighted by molar-refractivity contribution is 7.12. The van der Waals surface area contributed by atoms with E-state index in [1.165, 1.54) is 22.1 Å². The highest BCUT2D eigenvalue weighted by atomic mass is 32.1. The Hall–Kier alpha value is -2.20. The van der Waals surface area contributed by atoms with Gasteiger partial charge in [0.2, 0.25) is 0 Å². The SMILES string of the molecule is O=C(c1cccs1)N1CCC(c2cc3ccccc3cn2)CC1. The summed E-state index contributed by atoms with van der Waals surface area (Å²) >= 11 is 1.52. The molecule has 1 amide bonds. The Morgan fingerprint density at radius 1 is 1.09 bits per heavy atom. The molecule has 1 aromatic carbocycles. The van der Waals surface area contributed by atoms with Crippen LogP contribution in [0.3, 0.4) is 0 Å². The molecule has 4 rings (SSSR count). The molecule has 0 atom stereocenters. The number of carbonyl (C=O) groups is 1. The summed E-state index contributed by atoms with van der Waals surface area (Å²) in [6.45, 7) is 1.63. The van der Waals surface area contributed by atoms with E-state index in [1.54, 1.807) is 0 Å². The Labute approximate surface area is 139 Å². The summed E-state index contributed by atoms with van der Waals surface area (Å²) in [7, 11) is 0. The molecule has 0 radical (unpaired) electrons. The lowest BCUT2D eigenvalue weighted by atomic mass is 9.92. The molecule has 1 aliphatic heterocycles. The van der Waals surface area contributed by atoms with Crippen LogP contribution in [0, 0.1) is 0 Å². The van der Waals surface area contributed by atoms with Gasteiger partial charge in [-0.2, -0.15) is 0 Å². The van der Waals surface area contributed by atoms with Gasteiger partial charge in [0.15, 0.2) is 0 Å². The second-order valence-electron chi connectivity index (χ2n) is 6.00. The van der Waals surface area contributed by atoms with Crippen LogP contribution in [0.2, 0.25) is 0 Å². The standard InChI is InChI=1S/C19H18N2OS/c22-19(18-6-3-11-23-18)21-9-7-14(8-10-21)17-12-15-4-1-2-5-16(15)13-20-17/h1-6,11-14H,7-10H2. The van der Waals surface area contributed by atoms with Crippen molar-refractivity contribution in [3.8, 4) is 0 Å². The average Bonchev–Trinajstić information content (AvgIpc) is 3.15. The number of amides is 1. The number of fused-ring (bicyclic) bond motifs is 1. The Morgan fingerprint density at radius 2 is 1.87 bits per heavy atom. The minimum atomic E-state index is 0.171. The van der Waals surface area contributed by atoms with E-state index in [0.29, 0.717) is 5.92 Å². The number of likely N-dealkylation sites (tertiary alicyclic amines) is 1. The first kappa shape index (κ1) is 14.4. The molecule has 2 aromatic heterocycles. The molecule has 0 saturated carbocycles. The van der Waals surface area contributed by atoms with E-state index in [2.05, 4.69) is 29.2 Å². The van der Waals surface area contributed by atoms with Crippen LogP contribution < -0.4 is 0 Å². The number of carbonyl (C=O) groups excluding carboxylic acids is 1. The van der Waals surface area contributed by atoms with E-state index in [-0.39, 0.29) is 5.91 Å². The fraction of sp³-hybridized carbons (Fsp3) is 0.263. The van der Waals surface area contributed by atoms with Crippen LogP contribution in [-0.4, -0.2) is 28.9 Å². The van der Waals surface area contributed by atoms with Gasteiger partial charge in [0.05, 0.1) is 4.88 Å². The Kier molecular flexibility index (Phi) is 3.83. The molecule has 1 saturated heterocycles. The topological polar surface area (TPSA) is 33.2 Å². The molecule has 3 heterocycles. The van der Waals surface area contributed by atoms with E-state index in [4.69, 9.17) is 0 Å². The molecule has 0 N–H and O–H groups in total. The monoisotopic (exact) mass is 322 g/mol. The van der Waals surface area contributed by atoms with Crippen molar-refractivity contribution in [2.24, 2.45) is 0 Å². The molecule has 116 valence electrons. The third-order valence-corrected chi connectivity index (χ3v) is 5.44. The first-order valence-corrected chi connectivity index (χ1v) is 8.87. The van der Waals surface area contributed by atoms with E-state index in [9.17, 15) is 4.79 Å². The third kappa shape index (κ3) is 2.86. The normalized spacial score (nSPS) is 15.9. The lowest BCUT2D eigenvalue weighted by Crippen LogP contribution is -2.37. The Morgan fingerprint density at radius 3 is 2.61 bits per heavy atom. The minimum Gasteiger partial charge on any atom is -0.338 e. The fourth-order valence-corrected chi connectivity index (χ4v) is 3.95. The zero-order valence-electron chi connectivity index (χ0n) is 12.8. The van der Waals surface area contributed by atoms with Gasteiger partial charge in [-0.15, -0.1) is 11.3 Å². The molecule has 23 heavy (non-hydrogen) atoms. The first-order chi connectivity index (χ1) is 11.3. The maximum absolute atomic E-state index is 12.4. The van der Waals surface area contributed by atoms with Crippen molar-refractivity contribution in [3.05, 3.63) is 64.6 Å². The van der Waals surface area contributed by atoms with Crippen molar-refractivity contribution in [3.63, 3.8) is 0 Å².